The Morgan fingerprint density at radius 1 is 1.24 bits per heavy atom. The normalized spacial score (nSPS) is 19.2. The molecule has 0 N–H and O–H groups in total. The molecule has 0 aromatic heterocycles. The maximum absolute atomic E-state index is 12.0. The largest absolute Gasteiger partial charge is 0.496 e. The van der Waals surface area contributed by atoms with E-state index in [9.17, 15) is 9.59 Å². The van der Waals surface area contributed by atoms with E-state index in [0.717, 1.165) is 11.3 Å². The highest BCUT2D eigenvalue weighted by Gasteiger charge is 2.38. The van der Waals surface area contributed by atoms with Crippen molar-refractivity contribution in [1.82, 2.24) is 0 Å². The molecule has 0 radical (unpaired) electrons. The van der Waals surface area contributed by atoms with E-state index in [1.165, 1.54) is 6.21 Å². The third-order valence-electron chi connectivity index (χ3n) is 3.71. The third kappa shape index (κ3) is 3.78. The lowest BCUT2D eigenvalue weighted by Gasteiger charge is -2.30. The van der Waals surface area contributed by atoms with Gasteiger partial charge in [-0.05, 0) is 11.5 Å². The molecule has 112 valence electrons. The smallest absolute Gasteiger partial charge is 0.149 e. The van der Waals surface area contributed by atoms with Gasteiger partial charge in [0.2, 0.25) is 0 Å². The van der Waals surface area contributed by atoms with E-state index in [2.05, 4.69) is 4.99 Å². The molecule has 0 amide bonds. The zero-order valence-electron chi connectivity index (χ0n) is 12.8. The monoisotopic (exact) mass is 287 g/mol. The summed E-state index contributed by atoms with van der Waals surface area (Å²) in [5.41, 5.74) is 0.716. The van der Waals surface area contributed by atoms with Crippen molar-refractivity contribution in [3.63, 3.8) is 0 Å². The van der Waals surface area contributed by atoms with Crippen molar-refractivity contribution in [3.8, 4) is 5.75 Å². The summed E-state index contributed by atoms with van der Waals surface area (Å²) in [7, 11) is 1.61. The lowest BCUT2D eigenvalue weighted by atomic mass is 9.72. The molecule has 0 heterocycles. The van der Waals surface area contributed by atoms with Crippen LogP contribution in [0, 0.1) is 11.3 Å². The quantitative estimate of drug-likeness (QED) is 0.632. The Labute approximate surface area is 125 Å². The molecule has 1 saturated carbocycles. The topological polar surface area (TPSA) is 55.7 Å². The fourth-order valence-corrected chi connectivity index (χ4v) is 2.66. The summed E-state index contributed by atoms with van der Waals surface area (Å²) in [5, 5.41) is 0. The van der Waals surface area contributed by atoms with Gasteiger partial charge in [0.05, 0.1) is 13.7 Å². The van der Waals surface area contributed by atoms with E-state index in [4.69, 9.17) is 4.74 Å². The lowest BCUT2D eigenvalue weighted by Crippen LogP contribution is -2.38. The zero-order valence-corrected chi connectivity index (χ0v) is 12.8. The molecule has 21 heavy (non-hydrogen) atoms. The van der Waals surface area contributed by atoms with E-state index < -0.39 is 5.92 Å². The highest BCUT2D eigenvalue weighted by Crippen LogP contribution is 2.33. The molecule has 0 bridgehead atoms. The molecule has 0 spiro atoms. The van der Waals surface area contributed by atoms with Gasteiger partial charge in [-0.15, -0.1) is 0 Å². The predicted molar refractivity (Wildman–Crippen MR) is 81.7 cm³/mol. The van der Waals surface area contributed by atoms with Crippen LogP contribution in [0.15, 0.2) is 29.3 Å². The summed E-state index contributed by atoms with van der Waals surface area (Å²) >= 11 is 0. The standard InChI is InChI=1S/C17H21NO3/c1-17(2)8-14(19)13(15(20)9-17)11-18-10-12-6-4-5-7-16(12)21-3/h4-7,11,13H,8-10H2,1-3H3. The van der Waals surface area contributed by atoms with E-state index >= 15 is 0 Å². The van der Waals surface area contributed by atoms with Crippen molar-refractivity contribution < 1.29 is 14.3 Å². The number of aliphatic imine (C=N–C) groups is 1. The van der Waals surface area contributed by atoms with Crippen molar-refractivity contribution in [2.45, 2.75) is 33.2 Å². The number of ether oxygens (including phenoxy) is 1. The van der Waals surface area contributed by atoms with E-state index in [0.29, 0.717) is 19.4 Å². The molecular formula is C17H21NO3. The molecule has 0 unspecified atom stereocenters. The number of benzene rings is 1. The summed E-state index contributed by atoms with van der Waals surface area (Å²) in [6, 6.07) is 7.59. The molecule has 2 rings (SSSR count). The Bertz CT molecular complexity index is 555. The summed E-state index contributed by atoms with van der Waals surface area (Å²) in [5.74, 6) is 0.0323. The Balaban J connectivity index is 2.04. The first-order valence-electron chi connectivity index (χ1n) is 7.10. The number of nitrogens with zero attached hydrogens (tertiary/aromatic N) is 1. The van der Waals surface area contributed by atoms with Gasteiger partial charge in [-0.2, -0.15) is 0 Å². The number of ketones is 2. The summed E-state index contributed by atoms with van der Waals surface area (Å²) in [4.78, 5) is 28.4. The van der Waals surface area contributed by atoms with Gasteiger partial charge in [0.1, 0.15) is 23.2 Å². The van der Waals surface area contributed by atoms with Gasteiger partial charge in [0.25, 0.3) is 0 Å². The van der Waals surface area contributed by atoms with Gasteiger partial charge in [-0.25, -0.2) is 0 Å². The summed E-state index contributed by atoms with van der Waals surface area (Å²) in [6.45, 7) is 4.31. The molecule has 1 aliphatic carbocycles. The summed E-state index contributed by atoms with van der Waals surface area (Å²) < 4.78 is 5.25. The first kappa shape index (κ1) is 15.4. The van der Waals surface area contributed by atoms with Crippen LogP contribution in [0.1, 0.15) is 32.3 Å². The zero-order chi connectivity index (χ0) is 15.5. The van der Waals surface area contributed by atoms with Gasteiger partial charge in [-0.1, -0.05) is 32.0 Å². The van der Waals surface area contributed by atoms with Crippen LogP contribution in [0.2, 0.25) is 0 Å². The van der Waals surface area contributed by atoms with Gasteiger partial charge in [0, 0.05) is 24.6 Å². The molecule has 0 atom stereocenters. The van der Waals surface area contributed by atoms with Gasteiger partial charge >= 0.3 is 0 Å². The molecule has 1 aromatic carbocycles. The van der Waals surface area contributed by atoms with Crippen LogP contribution in [-0.2, 0) is 16.1 Å². The van der Waals surface area contributed by atoms with Crippen LogP contribution >= 0.6 is 0 Å². The van der Waals surface area contributed by atoms with E-state index in [1.807, 2.05) is 38.1 Å². The van der Waals surface area contributed by atoms with Crippen LogP contribution in [0.4, 0.5) is 0 Å². The van der Waals surface area contributed by atoms with Crippen molar-refractivity contribution >= 4 is 17.8 Å². The lowest BCUT2D eigenvalue weighted by molar-refractivity contribution is -0.136. The van der Waals surface area contributed by atoms with Crippen LogP contribution in [0.3, 0.4) is 0 Å². The second-order valence-electron chi connectivity index (χ2n) is 6.23. The van der Waals surface area contributed by atoms with Crippen molar-refractivity contribution in [2.75, 3.05) is 7.11 Å². The van der Waals surface area contributed by atoms with Crippen LogP contribution in [0.5, 0.6) is 5.75 Å². The SMILES string of the molecule is COc1ccccc1CN=CC1C(=O)CC(C)(C)CC1=O. The Kier molecular flexibility index (Phi) is 4.56. The number of hydrogen-bond donors (Lipinski definition) is 0. The van der Waals surface area contributed by atoms with Gasteiger partial charge < -0.3 is 4.74 Å². The molecule has 4 heteroatoms. The van der Waals surface area contributed by atoms with E-state index in [1.54, 1.807) is 7.11 Å². The van der Waals surface area contributed by atoms with Crippen LogP contribution in [0.25, 0.3) is 0 Å². The number of methoxy groups -OCH3 is 1. The number of hydrogen-bond acceptors (Lipinski definition) is 4. The maximum atomic E-state index is 12.0. The van der Waals surface area contributed by atoms with Crippen molar-refractivity contribution in [3.05, 3.63) is 29.8 Å². The minimum Gasteiger partial charge on any atom is -0.496 e. The highest BCUT2D eigenvalue weighted by molar-refractivity contribution is 6.16. The van der Waals surface area contributed by atoms with Crippen LogP contribution < -0.4 is 4.74 Å². The number of carbonyl (C=O) groups is 2. The van der Waals surface area contributed by atoms with Crippen molar-refractivity contribution in [1.29, 1.82) is 0 Å². The Morgan fingerprint density at radius 3 is 2.48 bits per heavy atom. The van der Waals surface area contributed by atoms with Crippen LogP contribution in [-0.4, -0.2) is 24.9 Å². The maximum Gasteiger partial charge on any atom is 0.149 e. The molecule has 1 fully saturated rings. The Morgan fingerprint density at radius 2 is 1.86 bits per heavy atom. The van der Waals surface area contributed by atoms with E-state index in [-0.39, 0.29) is 17.0 Å². The molecule has 4 nitrogen and oxygen atoms in total. The minimum atomic E-state index is -0.673. The molecule has 1 aliphatic rings. The predicted octanol–water partition coefficient (Wildman–Crippen LogP) is 2.84. The minimum absolute atomic E-state index is 0.0278. The van der Waals surface area contributed by atoms with Crippen molar-refractivity contribution in [2.24, 2.45) is 16.3 Å². The Hall–Kier alpha value is -1.97. The summed E-state index contributed by atoms with van der Waals surface area (Å²) in [6.07, 6.45) is 2.38. The average Bonchev–Trinajstić information content (AvgIpc) is 2.41. The fourth-order valence-electron chi connectivity index (χ4n) is 2.66. The van der Waals surface area contributed by atoms with Gasteiger partial charge in [-0.3, -0.25) is 14.6 Å². The second-order valence-corrected chi connectivity index (χ2v) is 6.23. The fraction of sp³-hybridized carbons (Fsp3) is 0.471. The molecule has 0 aliphatic heterocycles. The number of rotatable bonds is 4. The first-order valence-corrected chi connectivity index (χ1v) is 7.10. The molecule has 1 aromatic rings. The first-order chi connectivity index (χ1) is 9.93. The number of Topliss-reactive ketones (excluding diaryl/α,β-unsaturated/α-hetero) is 2. The highest BCUT2D eigenvalue weighted by atomic mass is 16.5. The number of para-hydroxylation sites is 1. The second kappa shape index (κ2) is 6.20. The molecule has 0 saturated heterocycles. The van der Waals surface area contributed by atoms with Gasteiger partial charge in [0.15, 0.2) is 0 Å². The molecular weight excluding hydrogens is 266 g/mol. The average molecular weight is 287 g/mol. The third-order valence-corrected chi connectivity index (χ3v) is 3.71. The number of carbonyl (C=O) groups excluding carboxylic acids is 2.